The van der Waals surface area contributed by atoms with Crippen LogP contribution in [-0.4, -0.2) is 47.1 Å². The lowest BCUT2D eigenvalue weighted by Crippen LogP contribution is -2.36. The minimum absolute atomic E-state index is 0.0436. The van der Waals surface area contributed by atoms with E-state index in [0.717, 1.165) is 18.4 Å². The van der Waals surface area contributed by atoms with Crippen LogP contribution < -0.4 is 0 Å². The largest absolute Gasteiger partial charge is 0.461 e. The Morgan fingerprint density at radius 3 is 2.79 bits per heavy atom. The number of rotatable bonds is 3. The van der Waals surface area contributed by atoms with Gasteiger partial charge in [0.25, 0.3) is 0 Å². The van der Waals surface area contributed by atoms with E-state index >= 15 is 0 Å². The van der Waals surface area contributed by atoms with Crippen molar-refractivity contribution in [1.29, 1.82) is 0 Å². The fourth-order valence-electron chi connectivity index (χ4n) is 4.29. The van der Waals surface area contributed by atoms with Gasteiger partial charge in [-0.05, 0) is 39.2 Å². The predicted molar refractivity (Wildman–Crippen MR) is 103 cm³/mol. The normalized spacial score (nSPS) is 37.4. The lowest BCUT2D eigenvalue weighted by molar-refractivity contribution is -0.151. The van der Waals surface area contributed by atoms with E-state index in [9.17, 15) is 14.7 Å². The lowest BCUT2D eigenvalue weighted by atomic mass is 9.76. The number of carbonyl (C=O) groups is 2. The van der Waals surface area contributed by atoms with E-state index in [2.05, 4.69) is 6.58 Å². The first-order chi connectivity index (χ1) is 13.0. The summed E-state index contributed by atoms with van der Waals surface area (Å²) in [6.45, 7) is 11.2. The average molecular weight is 390 g/mol. The van der Waals surface area contributed by atoms with Crippen molar-refractivity contribution in [1.82, 2.24) is 0 Å². The smallest absolute Gasteiger partial charge is 0.314 e. The molecule has 28 heavy (non-hydrogen) atoms. The van der Waals surface area contributed by atoms with Gasteiger partial charge in [0.2, 0.25) is 0 Å². The van der Waals surface area contributed by atoms with Crippen molar-refractivity contribution in [3.8, 4) is 0 Å². The van der Waals surface area contributed by atoms with Crippen molar-refractivity contribution in [2.75, 3.05) is 6.61 Å². The van der Waals surface area contributed by atoms with Gasteiger partial charge in [0.1, 0.15) is 18.8 Å². The van der Waals surface area contributed by atoms with Gasteiger partial charge >= 0.3 is 11.9 Å². The number of aliphatic hydroxyl groups is 1. The fourth-order valence-corrected chi connectivity index (χ4v) is 4.29. The molecular formula is C22H30O6. The van der Waals surface area contributed by atoms with E-state index in [1.54, 1.807) is 26.0 Å². The molecule has 6 heteroatoms. The van der Waals surface area contributed by atoms with E-state index in [-0.39, 0.29) is 36.2 Å². The molecule has 154 valence electrons. The summed E-state index contributed by atoms with van der Waals surface area (Å²) in [5.41, 5.74) is 0.435. The minimum Gasteiger partial charge on any atom is -0.461 e. The zero-order chi connectivity index (χ0) is 20.7. The van der Waals surface area contributed by atoms with Gasteiger partial charge in [-0.25, -0.2) is 0 Å². The van der Waals surface area contributed by atoms with Crippen LogP contribution in [0.2, 0.25) is 0 Å². The monoisotopic (exact) mass is 390 g/mol. The van der Waals surface area contributed by atoms with Gasteiger partial charge in [-0.15, -0.1) is 0 Å². The molecule has 2 heterocycles. The number of hydrogen-bond donors (Lipinski definition) is 1. The Bertz CT molecular complexity index is 728. The number of fused-ring (bicyclic) bond motifs is 2. The number of allylic oxidation sites excluding steroid dienone is 2. The van der Waals surface area contributed by atoms with E-state index in [4.69, 9.17) is 14.2 Å². The van der Waals surface area contributed by atoms with E-state index in [0.29, 0.717) is 12.0 Å². The van der Waals surface area contributed by atoms with Crippen LogP contribution in [0.1, 0.15) is 47.0 Å². The molecule has 0 spiro atoms. The van der Waals surface area contributed by atoms with Crippen LogP contribution in [0.3, 0.4) is 0 Å². The Labute approximate surface area is 166 Å². The Hall–Kier alpha value is -1.92. The van der Waals surface area contributed by atoms with Gasteiger partial charge in [-0.3, -0.25) is 9.59 Å². The molecule has 2 aliphatic heterocycles. The molecule has 3 rings (SSSR count). The maximum atomic E-state index is 12.6. The molecule has 3 aliphatic rings. The molecule has 0 radical (unpaired) electrons. The van der Waals surface area contributed by atoms with Crippen LogP contribution in [0.15, 0.2) is 36.0 Å². The predicted octanol–water partition coefficient (Wildman–Crippen LogP) is 2.86. The summed E-state index contributed by atoms with van der Waals surface area (Å²) in [5.74, 6) is -1.15. The molecule has 6 nitrogen and oxygen atoms in total. The second-order valence-corrected chi connectivity index (χ2v) is 8.85. The van der Waals surface area contributed by atoms with E-state index < -0.39 is 17.6 Å². The number of epoxide rings is 1. The highest BCUT2D eigenvalue weighted by Crippen LogP contribution is 2.50. The Kier molecular flexibility index (Phi) is 5.56. The second-order valence-electron chi connectivity index (χ2n) is 8.85. The first kappa shape index (κ1) is 20.8. The topological polar surface area (TPSA) is 85.4 Å². The van der Waals surface area contributed by atoms with Gasteiger partial charge in [0.05, 0.1) is 17.1 Å². The highest BCUT2D eigenvalue weighted by Gasteiger charge is 2.59. The summed E-state index contributed by atoms with van der Waals surface area (Å²) in [4.78, 5) is 24.1. The van der Waals surface area contributed by atoms with Crippen LogP contribution >= 0.6 is 0 Å². The van der Waals surface area contributed by atoms with E-state index in [1.807, 2.05) is 13.0 Å². The zero-order valence-electron chi connectivity index (χ0n) is 17.1. The number of cyclic esters (lactones) is 1. The average Bonchev–Trinajstić information content (AvgIpc) is 3.23. The molecular weight excluding hydrogens is 360 g/mol. The Balaban J connectivity index is 1.89. The molecule has 3 fully saturated rings. The minimum atomic E-state index is -0.913. The van der Waals surface area contributed by atoms with Crippen LogP contribution in [0, 0.1) is 11.8 Å². The number of carbonyl (C=O) groups excluding carboxylic acids is 2. The first-order valence-electron chi connectivity index (χ1n) is 9.80. The summed E-state index contributed by atoms with van der Waals surface area (Å²) >= 11 is 0. The Morgan fingerprint density at radius 2 is 2.14 bits per heavy atom. The molecule has 1 N–H and O–H groups in total. The van der Waals surface area contributed by atoms with Crippen molar-refractivity contribution >= 4 is 11.9 Å². The van der Waals surface area contributed by atoms with Gasteiger partial charge in [-0.2, -0.15) is 0 Å². The molecule has 0 bridgehead atoms. The second kappa shape index (κ2) is 7.48. The van der Waals surface area contributed by atoms with Crippen molar-refractivity contribution in [2.45, 2.75) is 70.4 Å². The Morgan fingerprint density at radius 1 is 1.43 bits per heavy atom. The zero-order valence-corrected chi connectivity index (χ0v) is 17.1. The molecule has 0 unspecified atom stereocenters. The first-order valence-corrected chi connectivity index (χ1v) is 9.80. The molecule has 5 atom stereocenters. The van der Waals surface area contributed by atoms with E-state index in [1.165, 1.54) is 6.92 Å². The molecule has 0 amide bonds. The van der Waals surface area contributed by atoms with Crippen molar-refractivity contribution in [3.05, 3.63) is 36.0 Å². The molecule has 1 saturated carbocycles. The van der Waals surface area contributed by atoms with Gasteiger partial charge in [0, 0.05) is 19.3 Å². The third-order valence-corrected chi connectivity index (χ3v) is 5.78. The highest BCUT2D eigenvalue weighted by molar-refractivity contribution is 5.78. The fraction of sp³-hybridized carbons (Fsp3) is 0.636. The van der Waals surface area contributed by atoms with Crippen LogP contribution in [0.25, 0.3) is 0 Å². The standard InChI is InChI=1S/C22H30O6/c1-13-11-17(27-14(2)23)19-22(5,28-19)10-8-16-15(7-6-9-21(3,4)25)12-26-20(24)18(13)16/h6-7,9,16-19,25H,1,8,10-12H2,2-5H3/b9-6+,15-7-/t16-,17-,18+,19-,22-/m1/s1. The third kappa shape index (κ3) is 4.55. The van der Waals surface area contributed by atoms with Gasteiger partial charge in [-0.1, -0.05) is 30.4 Å². The summed E-state index contributed by atoms with van der Waals surface area (Å²) < 4.78 is 16.8. The van der Waals surface area contributed by atoms with Crippen molar-refractivity contribution in [2.24, 2.45) is 11.8 Å². The van der Waals surface area contributed by atoms with Crippen molar-refractivity contribution < 1.29 is 28.9 Å². The summed E-state index contributed by atoms with van der Waals surface area (Å²) in [7, 11) is 0. The molecule has 1 aliphatic carbocycles. The molecule has 0 aromatic carbocycles. The maximum absolute atomic E-state index is 12.6. The maximum Gasteiger partial charge on any atom is 0.314 e. The van der Waals surface area contributed by atoms with Crippen molar-refractivity contribution in [3.63, 3.8) is 0 Å². The molecule has 0 aromatic rings. The van der Waals surface area contributed by atoms with Gasteiger partial charge in [0.15, 0.2) is 0 Å². The summed E-state index contributed by atoms with van der Waals surface area (Å²) in [6.07, 6.45) is 6.70. The number of hydrogen-bond acceptors (Lipinski definition) is 6. The highest BCUT2D eigenvalue weighted by atomic mass is 16.6. The number of esters is 2. The molecule has 0 aromatic heterocycles. The van der Waals surface area contributed by atoms with Crippen LogP contribution in [0.4, 0.5) is 0 Å². The lowest BCUT2D eigenvalue weighted by Gasteiger charge is -2.34. The summed E-state index contributed by atoms with van der Waals surface area (Å²) in [6, 6.07) is 0. The van der Waals surface area contributed by atoms with Crippen LogP contribution in [0.5, 0.6) is 0 Å². The number of ether oxygens (including phenoxy) is 3. The third-order valence-electron chi connectivity index (χ3n) is 5.78. The quantitative estimate of drug-likeness (QED) is 0.453. The SMILES string of the molecule is C=C1C[C@@H](OC(C)=O)[C@H]2O[C@]2(C)CC[C@@H]2/C(=C\C=C\C(C)(C)O)COC(=O)[C@@H]12. The summed E-state index contributed by atoms with van der Waals surface area (Å²) in [5, 5.41) is 9.88. The van der Waals surface area contributed by atoms with Crippen LogP contribution in [-0.2, 0) is 23.8 Å². The van der Waals surface area contributed by atoms with Gasteiger partial charge < -0.3 is 19.3 Å². The molecule has 2 saturated heterocycles.